The maximum absolute atomic E-state index is 12.6. The second kappa shape index (κ2) is 11.5. The number of hydrogen-bond donors (Lipinski definition) is 1. The van der Waals surface area contributed by atoms with Crippen LogP contribution in [-0.2, 0) is 9.59 Å². The van der Waals surface area contributed by atoms with Crippen molar-refractivity contribution in [3.05, 3.63) is 39.8 Å². The Kier molecular flexibility index (Phi) is 9.31. The monoisotopic (exact) mass is 425 g/mol. The van der Waals surface area contributed by atoms with Gasteiger partial charge in [0.1, 0.15) is 4.32 Å². The molecule has 0 radical (unpaired) electrons. The first-order valence-electron chi connectivity index (χ1n) is 9.20. The van der Waals surface area contributed by atoms with Crippen molar-refractivity contribution >= 4 is 57.9 Å². The summed E-state index contributed by atoms with van der Waals surface area (Å²) in [6, 6.07) is 7.36. The standard InChI is InChI=1S/C20H24ClNO3S2/c21-16-11-9-15(10-12-16)14-17-19(25)22(20(26)27-17)13-7-5-3-1-2-4-6-8-18(23)24/h9-12,14H,1-8,13H2,(H,23,24)/b17-14-. The third-order valence-corrected chi connectivity index (χ3v) is 5.94. The molecule has 0 saturated carbocycles. The summed E-state index contributed by atoms with van der Waals surface area (Å²) in [4.78, 5) is 25.3. The molecule has 1 aromatic carbocycles. The molecule has 1 saturated heterocycles. The number of aliphatic carboxylic acids is 1. The molecule has 0 atom stereocenters. The van der Waals surface area contributed by atoms with Crippen molar-refractivity contribution in [1.82, 2.24) is 4.90 Å². The lowest BCUT2D eigenvalue weighted by Crippen LogP contribution is -2.29. The van der Waals surface area contributed by atoms with Crippen molar-refractivity contribution in [2.45, 2.75) is 51.4 Å². The lowest BCUT2D eigenvalue weighted by atomic mass is 10.1. The molecule has 27 heavy (non-hydrogen) atoms. The molecular weight excluding hydrogens is 402 g/mol. The van der Waals surface area contributed by atoms with Crippen molar-refractivity contribution < 1.29 is 14.7 Å². The Morgan fingerprint density at radius 1 is 1.07 bits per heavy atom. The molecule has 0 bridgehead atoms. The Hall–Kier alpha value is -1.37. The molecule has 4 nitrogen and oxygen atoms in total. The lowest BCUT2D eigenvalue weighted by Gasteiger charge is -2.14. The first-order chi connectivity index (χ1) is 13.0. The van der Waals surface area contributed by atoms with E-state index >= 15 is 0 Å². The van der Waals surface area contributed by atoms with Crippen LogP contribution in [0.4, 0.5) is 0 Å². The molecular formula is C20H24ClNO3S2. The maximum atomic E-state index is 12.6. The molecule has 1 amide bonds. The summed E-state index contributed by atoms with van der Waals surface area (Å²) in [6.45, 7) is 0.654. The molecule has 7 heteroatoms. The number of carboxylic acid groups (broad SMARTS) is 1. The summed E-state index contributed by atoms with van der Waals surface area (Å²) < 4.78 is 0.619. The Morgan fingerprint density at radius 2 is 1.67 bits per heavy atom. The second-order valence-electron chi connectivity index (χ2n) is 6.50. The lowest BCUT2D eigenvalue weighted by molar-refractivity contribution is -0.137. The largest absolute Gasteiger partial charge is 0.481 e. The number of amides is 1. The predicted octanol–water partition coefficient (Wildman–Crippen LogP) is 5.75. The smallest absolute Gasteiger partial charge is 0.303 e. The minimum absolute atomic E-state index is 0.0198. The third-order valence-electron chi connectivity index (χ3n) is 4.31. The first-order valence-corrected chi connectivity index (χ1v) is 10.8. The van der Waals surface area contributed by atoms with Gasteiger partial charge in [-0.3, -0.25) is 14.5 Å². The van der Waals surface area contributed by atoms with E-state index in [1.54, 1.807) is 17.0 Å². The zero-order valence-electron chi connectivity index (χ0n) is 15.2. The zero-order valence-corrected chi connectivity index (χ0v) is 17.5. The van der Waals surface area contributed by atoms with Gasteiger partial charge in [-0.15, -0.1) is 0 Å². The van der Waals surface area contributed by atoms with Crippen molar-refractivity contribution in [2.24, 2.45) is 0 Å². The van der Waals surface area contributed by atoms with E-state index in [0.717, 1.165) is 50.5 Å². The van der Waals surface area contributed by atoms with Gasteiger partial charge in [-0.1, -0.05) is 79.8 Å². The van der Waals surface area contributed by atoms with Gasteiger partial charge >= 0.3 is 5.97 Å². The fourth-order valence-electron chi connectivity index (χ4n) is 2.83. The summed E-state index contributed by atoms with van der Waals surface area (Å²) in [6.07, 6.45) is 9.09. The van der Waals surface area contributed by atoms with Gasteiger partial charge < -0.3 is 5.11 Å². The van der Waals surface area contributed by atoms with Crippen molar-refractivity contribution in [3.8, 4) is 0 Å². The van der Waals surface area contributed by atoms with Crippen LogP contribution in [0, 0.1) is 0 Å². The van der Waals surface area contributed by atoms with Gasteiger partial charge in [-0.05, 0) is 36.6 Å². The Bertz CT molecular complexity index is 704. The van der Waals surface area contributed by atoms with Crippen molar-refractivity contribution in [1.29, 1.82) is 0 Å². The number of unbranched alkanes of at least 4 members (excludes halogenated alkanes) is 6. The molecule has 1 aliphatic rings. The summed E-state index contributed by atoms with van der Waals surface area (Å²) >= 11 is 12.6. The highest BCUT2D eigenvalue weighted by molar-refractivity contribution is 8.26. The van der Waals surface area contributed by atoms with Gasteiger partial charge in [-0.2, -0.15) is 0 Å². The summed E-state index contributed by atoms with van der Waals surface area (Å²) in [5, 5.41) is 9.26. The number of rotatable bonds is 11. The van der Waals surface area contributed by atoms with E-state index in [9.17, 15) is 9.59 Å². The number of carbonyl (C=O) groups excluding carboxylic acids is 1. The predicted molar refractivity (Wildman–Crippen MR) is 116 cm³/mol. The highest BCUT2D eigenvalue weighted by atomic mass is 35.5. The zero-order chi connectivity index (χ0) is 19.6. The molecule has 1 fully saturated rings. The highest BCUT2D eigenvalue weighted by Gasteiger charge is 2.31. The highest BCUT2D eigenvalue weighted by Crippen LogP contribution is 2.33. The number of thiocarbonyl (C=S) groups is 1. The summed E-state index contributed by atoms with van der Waals surface area (Å²) in [7, 11) is 0. The van der Waals surface area contributed by atoms with E-state index < -0.39 is 5.97 Å². The van der Waals surface area contributed by atoms with Crippen LogP contribution in [0.2, 0.25) is 5.02 Å². The SMILES string of the molecule is O=C(O)CCCCCCCCCN1C(=O)/C(=C/c2ccc(Cl)cc2)SC1=S. The van der Waals surface area contributed by atoms with E-state index in [-0.39, 0.29) is 12.3 Å². The molecule has 0 aromatic heterocycles. The molecule has 1 aromatic rings. The number of nitrogens with zero attached hydrogens (tertiary/aromatic N) is 1. The van der Waals surface area contributed by atoms with Crippen molar-refractivity contribution in [3.63, 3.8) is 0 Å². The molecule has 2 rings (SSSR count). The van der Waals surface area contributed by atoms with E-state index in [0.29, 0.717) is 20.8 Å². The summed E-state index contributed by atoms with van der Waals surface area (Å²) in [5.74, 6) is -0.739. The number of thioether (sulfide) groups is 1. The minimum atomic E-state index is -0.719. The molecule has 1 heterocycles. The topological polar surface area (TPSA) is 57.6 Å². The summed E-state index contributed by atoms with van der Waals surface area (Å²) in [5.41, 5.74) is 0.933. The van der Waals surface area contributed by atoms with Crippen LogP contribution in [0.15, 0.2) is 29.2 Å². The van der Waals surface area contributed by atoms with E-state index in [2.05, 4.69) is 0 Å². The third kappa shape index (κ3) is 7.64. The fraction of sp³-hybridized carbons (Fsp3) is 0.450. The normalized spacial score (nSPS) is 15.7. The number of halogens is 1. The van der Waals surface area contributed by atoms with Gasteiger partial charge in [0.25, 0.3) is 5.91 Å². The molecule has 0 unspecified atom stereocenters. The molecule has 1 aliphatic heterocycles. The van der Waals surface area contributed by atoms with Gasteiger partial charge in [0.15, 0.2) is 0 Å². The molecule has 0 spiro atoms. The number of carboxylic acids is 1. The average molecular weight is 426 g/mol. The fourth-order valence-corrected chi connectivity index (χ4v) is 4.27. The van der Waals surface area contributed by atoms with Gasteiger partial charge in [0.2, 0.25) is 0 Å². The first kappa shape index (κ1) is 21.9. The Morgan fingerprint density at radius 3 is 2.30 bits per heavy atom. The molecule has 146 valence electrons. The van der Waals surface area contributed by atoms with Crippen LogP contribution in [0.25, 0.3) is 6.08 Å². The van der Waals surface area contributed by atoms with Crippen LogP contribution in [0.1, 0.15) is 56.9 Å². The van der Waals surface area contributed by atoms with Crippen LogP contribution in [-0.4, -0.2) is 32.7 Å². The van der Waals surface area contributed by atoms with Gasteiger partial charge in [0.05, 0.1) is 4.91 Å². The van der Waals surface area contributed by atoms with Crippen molar-refractivity contribution in [2.75, 3.05) is 6.54 Å². The molecule has 1 N–H and O–H groups in total. The van der Waals surface area contributed by atoms with E-state index in [1.165, 1.54) is 11.8 Å². The van der Waals surface area contributed by atoms with Crippen LogP contribution in [0.5, 0.6) is 0 Å². The number of hydrogen-bond acceptors (Lipinski definition) is 4. The van der Waals surface area contributed by atoms with Gasteiger partial charge in [-0.25, -0.2) is 0 Å². The maximum Gasteiger partial charge on any atom is 0.303 e. The van der Waals surface area contributed by atoms with E-state index in [4.69, 9.17) is 28.9 Å². The second-order valence-corrected chi connectivity index (χ2v) is 8.62. The van der Waals surface area contributed by atoms with Crippen LogP contribution >= 0.6 is 35.6 Å². The van der Waals surface area contributed by atoms with E-state index in [1.807, 2.05) is 18.2 Å². The number of benzene rings is 1. The Labute approximate surface area is 175 Å². The molecule has 0 aliphatic carbocycles. The minimum Gasteiger partial charge on any atom is -0.481 e. The van der Waals surface area contributed by atoms with Crippen LogP contribution in [0.3, 0.4) is 0 Å². The average Bonchev–Trinajstić information content (AvgIpc) is 2.89. The van der Waals surface area contributed by atoms with Crippen LogP contribution < -0.4 is 0 Å². The number of carbonyl (C=O) groups is 2. The quantitative estimate of drug-likeness (QED) is 0.278. The Balaban J connectivity index is 1.68. The van der Waals surface area contributed by atoms with Gasteiger partial charge in [0, 0.05) is 18.0 Å².